The predicted octanol–water partition coefficient (Wildman–Crippen LogP) is 3.33. The lowest BCUT2D eigenvalue weighted by atomic mass is 10.2. The van der Waals surface area contributed by atoms with Gasteiger partial charge in [-0.2, -0.15) is 4.36 Å². The number of carboxylic acids is 1. The molecular formula is C13H16ClNO4S. The van der Waals surface area contributed by atoms with Gasteiger partial charge in [0.1, 0.15) is 11.4 Å². The molecule has 1 aliphatic heterocycles. The van der Waals surface area contributed by atoms with Crippen molar-refractivity contribution in [3.8, 4) is 5.75 Å². The van der Waals surface area contributed by atoms with Crippen molar-refractivity contribution in [2.75, 3.05) is 18.6 Å². The molecule has 5 nitrogen and oxygen atoms in total. The molecule has 1 aromatic rings. The molecule has 1 fully saturated rings. The molecule has 0 aromatic heterocycles. The zero-order chi connectivity index (χ0) is 14.8. The van der Waals surface area contributed by atoms with Crippen molar-refractivity contribution in [3.05, 3.63) is 22.7 Å². The molecule has 0 atom stereocenters. The summed E-state index contributed by atoms with van der Waals surface area (Å²) < 4.78 is 22.1. The van der Waals surface area contributed by atoms with Gasteiger partial charge in [-0.15, -0.1) is 0 Å². The summed E-state index contributed by atoms with van der Waals surface area (Å²) in [5.74, 6) is 0.231. The fourth-order valence-corrected chi connectivity index (χ4v) is 4.69. The normalized spacial score (nSPS) is 17.5. The minimum atomic E-state index is -2.37. The van der Waals surface area contributed by atoms with Gasteiger partial charge < -0.3 is 9.84 Å². The number of hydrogen-bond acceptors (Lipinski definition) is 4. The molecule has 0 bridgehead atoms. The van der Waals surface area contributed by atoms with E-state index in [-0.39, 0.29) is 16.3 Å². The Morgan fingerprint density at radius 1 is 1.35 bits per heavy atom. The van der Waals surface area contributed by atoms with Crippen LogP contribution < -0.4 is 4.74 Å². The van der Waals surface area contributed by atoms with Gasteiger partial charge in [-0.25, -0.2) is 9.00 Å². The summed E-state index contributed by atoms with van der Waals surface area (Å²) >= 11 is 6.09. The van der Waals surface area contributed by atoms with E-state index in [1.165, 1.54) is 19.2 Å². The maximum atomic E-state index is 12.6. The average Bonchev–Trinajstić information content (AvgIpc) is 2.41. The Bertz CT molecular complexity index is 638. The van der Waals surface area contributed by atoms with Gasteiger partial charge in [0.05, 0.1) is 27.4 Å². The highest BCUT2D eigenvalue weighted by molar-refractivity contribution is 7.93. The number of aromatic carboxylic acids is 1. The molecule has 7 heteroatoms. The van der Waals surface area contributed by atoms with Crippen LogP contribution in [-0.4, -0.2) is 33.9 Å². The molecule has 1 aliphatic rings. The zero-order valence-electron chi connectivity index (χ0n) is 11.1. The molecule has 110 valence electrons. The minimum Gasteiger partial charge on any atom is -0.494 e. The number of rotatable bonds is 3. The van der Waals surface area contributed by atoms with Crippen LogP contribution in [0.25, 0.3) is 0 Å². The quantitative estimate of drug-likeness (QED) is 0.927. The Labute approximate surface area is 123 Å². The number of halogens is 1. The van der Waals surface area contributed by atoms with E-state index in [9.17, 15) is 9.00 Å². The second-order valence-electron chi connectivity index (χ2n) is 4.62. The molecule has 20 heavy (non-hydrogen) atoms. The van der Waals surface area contributed by atoms with E-state index >= 15 is 0 Å². The summed E-state index contributed by atoms with van der Waals surface area (Å²) in [6.07, 6.45) is 2.77. The first-order valence-electron chi connectivity index (χ1n) is 6.29. The molecule has 1 aromatic carbocycles. The summed E-state index contributed by atoms with van der Waals surface area (Å²) in [7, 11) is -0.930. The summed E-state index contributed by atoms with van der Waals surface area (Å²) in [6, 6.07) is 2.84. The van der Waals surface area contributed by atoms with E-state index in [1.54, 1.807) is 0 Å². The number of hydrogen-bond donors (Lipinski definition) is 1. The van der Waals surface area contributed by atoms with Crippen LogP contribution >= 0.6 is 11.6 Å². The second kappa shape index (κ2) is 6.01. The summed E-state index contributed by atoms with van der Waals surface area (Å²) in [6.45, 7) is 0. The molecule has 0 radical (unpaired) electrons. The fourth-order valence-electron chi connectivity index (χ4n) is 2.15. The van der Waals surface area contributed by atoms with Crippen LogP contribution in [0.1, 0.15) is 29.6 Å². The molecular weight excluding hydrogens is 302 g/mol. The van der Waals surface area contributed by atoms with Crippen molar-refractivity contribution in [1.29, 1.82) is 0 Å². The van der Waals surface area contributed by atoms with Crippen LogP contribution in [0.4, 0.5) is 5.69 Å². The Morgan fingerprint density at radius 3 is 2.55 bits per heavy atom. The summed E-state index contributed by atoms with van der Waals surface area (Å²) in [5, 5.41) is 9.06. The molecule has 0 amide bonds. The summed E-state index contributed by atoms with van der Waals surface area (Å²) in [4.78, 5) is 11.1. The lowest BCUT2D eigenvalue weighted by Gasteiger charge is -2.17. The topological polar surface area (TPSA) is 76.0 Å². The Balaban J connectivity index is 2.60. The van der Waals surface area contributed by atoms with E-state index in [1.807, 2.05) is 0 Å². The first-order valence-corrected chi connectivity index (χ1v) is 8.52. The van der Waals surface area contributed by atoms with Crippen molar-refractivity contribution >= 4 is 33.0 Å². The van der Waals surface area contributed by atoms with E-state index in [2.05, 4.69) is 4.36 Å². The highest BCUT2D eigenvalue weighted by atomic mass is 35.5. The Morgan fingerprint density at radius 2 is 2.00 bits per heavy atom. The van der Waals surface area contributed by atoms with E-state index < -0.39 is 15.7 Å². The van der Waals surface area contributed by atoms with Crippen LogP contribution in [0.15, 0.2) is 16.5 Å². The number of methoxy groups -OCH3 is 1. The molecule has 1 saturated heterocycles. The third-order valence-electron chi connectivity index (χ3n) is 3.21. The van der Waals surface area contributed by atoms with Gasteiger partial charge in [0.15, 0.2) is 0 Å². The average molecular weight is 318 g/mol. The van der Waals surface area contributed by atoms with Crippen molar-refractivity contribution < 1.29 is 18.8 Å². The third kappa shape index (κ3) is 3.07. The van der Waals surface area contributed by atoms with Crippen LogP contribution in [0.5, 0.6) is 5.75 Å². The van der Waals surface area contributed by atoms with Crippen LogP contribution in [0.3, 0.4) is 0 Å². The van der Waals surface area contributed by atoms with Crippen molar-refractivity contribution in [2.45, 2.75) is 19.3 Å². The number of carbonyl (C=O) groups is 1. The lowest BCUT2D eigenvalue weighted by Crippen LogP contribution is -2.16. The molecule has 0 saturated carbocycles. The molecule has 1 heterocycles. The van der Waals surface area contributed by atoms with E-state index in [4.69, 9.17) is 21.4 Å². The van der Waals surface area contributed by atoms with Crippen molar-refractivity contribution in [3.63, 3.8) is 0 Å². The fraction of sp³-hybridized carbons (Fsp3) is 0.462. The number of benzene rings is 1. The van der Waals surface area contributed by atoms with Crippen LogP contribution in [0, 0.1) is 0 Å². The highest BCUT2D eigenvalue weighted by Crippen LogP contribution is 2.39. The number of carboxylic acid groups (broad SMARTS) is 1. The smallest absolute Gasteiger partial charge is 0.337 e. The second-order valence-corrected chi connectivity index (χ2v) is 7.54. The summed E-state index contributed by atoms with van der Waals surface area (Å²) in [5.41, 5.74) is 0.117. The van der Waals surface area contributed by atoms with Gasteiger partial charge in [-0.05, 0) is 25.0 Å². The van der Waals surface area contributed by atoms with Gasteiger partial charge in [0, 0.05) is 11.5 Å². The van der Waals surface area contributed by atoms with Gasteiger partial charge in [0.25, 0.3) is 0 Å². The zero-order valence-corrected chi connectivity index (χ0v) is 12.7. The lowest BCUT2D eigenvalue weighted by molar-refractivity contribution is 0.0697. The Hall–Kier alpha value is -1.27. The standard InChI is InChI=1S/C13H16ClNO4S/c1-19-10-6-5-9(13(16)17)11(14)12(10)15-20(18)7-3-2-4-8-20/h5-6H,2-4,7-8H2,1H3,(H,16,17). The number of nitrogens with zero attached hydrogens (tertiary/aromatic N) is 1. The molecule has 0 aliphatic carbocycles. The first kappa shape index (κ1) is 15.1. The molecule has 0 spiro atoms. The SMILES string of the molecule is COc1ccc(C(=O)O)c(Cl)c1N=S1(=O)CCCCC1. The minimum absolute atomic E-state index is 0.0230. The molecule has 0 unspecified atom stereocenters. The van der Waals surface area contributed by atoms with Crippen LogP contribution in [0.2, 0.25) is 5.02 Å². The van der Waals surface area contributed by atoms with Crippen LogP contribution in [-0.2, 0) is 9.73 Å². The van der Waals surface area contributed by atoms with Crippen molar-refractivity contribution in [2.24, 2.45) is 4.36 Å². The maximum absolute atomic E-state index is 12.6. The largest absolute Gasteiger partial charge is 0.494 e. The van der Waals surface area contributed by atoms with Gasteiger partial charge >= 0.3 is 5.97 Å². The van der Waals surface area contributed by atoms with Gasteiger partial charge in [0.2, 0.25) is 0 Å². The maximum Gasteiger partial charge on any atom is 0.337 e. The highest BCUT2D eigenvalue weighted by Gasteiger charge is 2.20. The van der Waals surface area contributed by atoms with E-state index in [0.29, 0.717) is 17.3 Å². The number of ether oxygens (including phenoxy) is 1. The monoisotopic (exact) mass is 317 g/mol. The Kier molecular flexibility index (Phi) is 4.55. The first-order chi connectivity index (χ1) is 9.47. The third-order valence-corrected chi connectivity index (χ3v) is 5.96. The van der Waals surface area contributed by atoms with Gasteiger partial charge in [-0.1, -0.05) is 18.0 Å². The molecule has 1 N–H and O–H groups in total. The van der Waals surface area contributed by atoms with Crippen molar-refractivity contribution in [1.82, 2.24) is 0 Å². The van der Waals surface area contributed by atoms with Gasteiger partial charge in [-0.3, -0.25) is 0 Å². The molecule has 2 rings (SSSR count). The van der Waals surface area contributed by atoms with E-state index in [0.717, 1.165) is 19.3 Å². The predicted molar refractivity (Wildman–Crippen MR) is 78.8 cm³/mol.